The van der Waals surface area contributed by atoms with Gasteiger partial charge in [0.25, 0.3) is 0 Å². The molecule has 0 saturated heterocycles. The summed E-state index contributed by atoms with van der Waals surface area (Å²) in [7, 11) is 1.61. The van der Waals surface area contributed by atoms with Gasteiger partial charge in [-0.25, -0.2) is 9.78 Å². The molecule has 0 aliphatic heterocycles. The average molecular weight is 378 g/mol. The molecule has 1 heterocycles. The fraction of sp³-hybridized carbons (Fsp3) is 0.190. The quantitative estimate of drug-likeness (QED) is 0.587. The van der Waals surface area contributed by atoms with Crippen LogP contribution in [0.4, 0.5) is 23.1 Å². The molecule has 7 nitrogen and oxygen atoms in total. The molecule has 2 aromatic carbocycles. The first-order chi connectivity index (χ1) is 13.6. The first kappa shape index (κ1) is 19.2. The van der Waals surface area contributed by atoms with Crippen LogP contribution in [-0.2, 0) is 4.74 Å². The van der Waals surface area contributed by atoms with Gasteiger partial charge in [0, 0.05) is 6.20 Å². The number of hydrogen-bond acceptors (Lipinski definition) is 7. The maximum atomic E-state index is 12.1. The highest BCUT2D eigenvalue weighted by Gasteiger charge is 2.13. The summed E-state index contributed by atoms with van der Waals surface area (Å²) in [6.45, 7) is 4.08. The maximum absolute atomic E-state index is 12.1. The van der Waals surface area contributed by atoms with Crippen LogP contribution >= 0.6 is 0 Å². The predicted molar refractivity (Wildman–Crippen MR) is 109 cm³/mol. The van der Waals surface area contributed by atoms with Crippen molar-refractivity contribution in [2.45, 2.75) is 13.8 Å². The van der Waals surface area contributed by atoms with Crippen molar-refractivity contribution in [3.05, 3.63) is 65.9 Å². The molecule has 0 bridgehead atoms. The number of ether oxygens (including phenoxy) is 2. The Bertz CT molecular complexity index is 975. The Kier molecular flexibility index (Phi) is 6.06. The third-order valence-corrected chi connectivity index (χ3v) is 3.94. The highest BCUT2D eigenvalue weighted by atomic mass is 16.5. The smallest absolute Gasteiger partial charge is 0.340 e. The predicted octanol–water partition coefficient (Wildman–Crippen LogP) is 4.46. The third-order valence-electron chi connectivity index (χ3n) is 3.94. The minimum Gasteiger partial charge on any atom is -0.495 e. The molecule has 0 radical (unpaired) electrons. The molecule has 0 atom stereocenters. The van der Waals surface area contributed by atoms with Crippen molar-refractivity contribution in [3.8, 4) is 5.75 Å². The summed E-state index contributed by atoms with van der Waals surface area (Å²) >= 11 is 0. The van der Waals surface area contributed by atoms with E-state index >= 15 is 0 Å². The monoisotopic (exact) mass is 378 g/mol. The highest BCUT2D eigenvalue weighted by molar-refractivity contribution is 5.96. The van der Waals surface area contributed by atoms with Gasteiger partial charge in [0.15, 0.2) is 0 Å². The van der Waals surface area contributed by atoms with Crippen LogP contribution in [0.2, 0.25) is 0 Å². The summed E-state index contributed by atoms with van der Waals surface area (Å²) in [6.07, 6.45) is 1.63. The Balaban J connectivity index is 1.84. The number of esters is 1. The number of hydrogen-bond donors (Lipinski definition) is 2. The number of benzene rings is 2. The van der Waals surface area contributed by atoms with Crippen LogP contribution in [0.5, 0.6) is 5.75 Å². The molecule has 0 amide bonds. The lowest BCUT2D eigenvalue weighted by atomic mass is 10.2. The molecule has 144 valence electrons. The number of nitrogens with zero attached hydrogens (tertiary/aromatic N) is 2. The zero-order chi connectivity index (χ0) is 19.9. The topological polar surface area (TPSA) is 85.4 Å². The Morgan fingerprint density at radius 3 is 2.68 bits per heavy atom. The van der Waals surface area contributed by atoms with E-state index in [-0.39, 0.29) is 5.97 Å². The van der Waals surface area contributed by atoms with E-state index in [4.69, 9.17) is 9.47 Å². The van der Waals surface area contributed by atoms with E-state index in [9.17, 15) is 4.79 Å². The number of carbonyl (C=O) groups excluding carboxylic acids is 1. The second kappa shape index (κ2) is 8.85. The lowest BCUT2D eigenvalue weighted by Crippen LogP contribution is -2.08. The van der Waals surface area contributed by atoms with Crippen molar-refractivity contribution in [1.29, 1.82) is 0 Å². The van der Waals surface area contributed by atoms with Crippen LogP contribution in [0.25, 0.3) is 0 Å². The molecule has 0 aliphatic rings. The molecule has 0 spiro atoms. The molecule has 7 heteroatoms. The number of aromatic nitrogens is 2. The maximum Gasteiger partial charge on any atom is 0.340 e. The number of nitrogens with one attached hydrogen (secondary N) is 2. The summed E-state index contributed by atoms with van der Waals surface area (Å²) in [4.78, 5) is 20.9. The third kappa shape index (κ3) is 4.56. The van der Waals surface area contributed by atoms with Crippen molar-refractivity contribution in [2.75, 3.05) is 24.4 Å². The Hall–Kier alpha value is -3.61. The first-order valence-electron chi connectivity index (χ1n) is 8.88. The normalized spacial score (nSPS) is 10.2. The summed E-state index contributed by atoms with van der Waals surface area (Å²) < 4.78 is 10.5. The molecular formula is C21H22N4O3. The van der Waals surface area contributed by atoms with E-state index < -0.39 is 0 Å². The molecule has 2 N–H and O–H groups in total. The summed E-state index contributed by atoms with van der Waals surface area (Å²) in [5, 5.41) is 6.32. The largest absolute Gasteiger partial charge is 0.495 e. The van der Waals surface area contributed by atoms with Gasteiger partial charge in [0.2, 0.25) is 5.95 Å². The van der Waals surface area contributed by atoms with E-state index in [1.165, 1.54) is 0 Å². The van der Waals surface area contributed by atoms with Crippen LogP contribution in [0, 0.1) is 6.92 Å². The van der Waals surface area contributed by atoms with Crippen molar-refractivity contribution >= 4 is 29.1 Å². The van der Waals surface area contributed by atoms with Gasteiger partial charge in [-0.15, -0.1) is 0 Å². The number of aryl methyl sites for hydroxylation is 1. The lowest BCUT2D eigenvalue weighted by Gasteiger charge is -2.13. The molecular weight excluding hydrogens is 356 g/mol. The molecule has 0 aliphatic carbocycles. The fourth-order valence-corrected chi connectivity index (χ4v) is 2.65. The van der Waals surface area contributed by atoms with Crippen LogP contribution in [0.1, 0.15) is 22.8 Å². The minimum atomic E-state index is -0.387. The van der Waals surface area contributed by atoms with Gasteiger partial charge in [0.1, 0.15) is 11.6 Å². The molecule has 28 heavy (non-hydrogen) atoms. The zero-order valence-corrected chi connectivity index (χ0v) is 16.0. The van der Waals surface area contributed by atoms with Gasteiger partial charge in [-0.05, 0) is 49.7 Å². The Morgan fingerprint density at radius 2 is 1.89 bits per heavy atom. The molecule has 0 unspecified atom stereocenters. The van der Waals surface area contributed by atoms with Gasteiger partial charge in [-0.1, -0.05) is 18.2 Å². The van der Waals surface area contributed by atoms with E-state index in [0.717, 1.165) is 11.3 Å². The summed E-state index contributed by atoms with van der Waals surface area (Å²) in [5.41, 5.74) is 2.91. The minimum absolute atomic E-state index is 0.313. The number of anilines is 4. The number of para-hydroxylation sites is 1. The van der Waals surface area contributed by atoms with Crippen molar-refractivity contribution in [2.24, 2.45) is 0 Å². The van der Waals surface area contributed by atoms with E-state index in [0.29, 0.717) is 35.4 Å². The fourth-order valence-electron chi connectivity index (χ4n) is 2.65. The van der Waals surface area contributed by atoms with Crippen molar-refractivity contribution in [1.82, 2.24) is 9.97 Å². The SMILES string of the molecule is CCOC(=O)c1ccccc1Nc1ccnc(Nc2cc(C)ccc2OC)n1. The summed E-state index contributed by atoms with van der Waals surface area (Å²) in [5.74, 6) is 1.26. The molecule has 1 aromatic heterocycles. The van der Waals surface area contributed by atoms with Gasteiger partial charge < -0.3 is 20.1 Å². The van der Waals surface area contributed by atoms with Crippen LogP contribution in [0.15, 0.2) is 54.7 Å². The first-order valence-corrected chi connectivity index (χ1v) is 8.88. The van der Waals surface area contributed by atoms with Crippen molar-refractivity contribution < 1.29 is 14.3 Å². The average Bonchev–Trinajstić information content (AvgIpc) is 2.69. The van der Waals surface area contributed by atoms with Gasteiger partial charge in [-0.3, -0.25) is 0 Å². The molecule has 3 aromatic rings. The molecule has 3 rings (SSSR count). The lowest BCUT2D eigenvalue weighted by molar-refractivity contribution is 0.0527. The van der Waals surface area contributed by atoms with E-state index in [1.807, 2.05) is 31.2 Å². The number of carbonyl (C=O) groups is 1. The molecule has 0 saturated carbocycles. The van der Waals surface area contributed by atoms with Crippen LogP contribution < -0.4 is 15.4 Å². The number of methoxy groups -OCH3 is 1. The van der Waals surface area contributed by atoms with Gasteiger partial charge in [0.05, 0.1) is 30.7 Å². The van der Waals surface area contributed by atoms with E-state index in [2.05, 4.69) is 20.6 Å². The van der Waals surface area contributed by atoms with Crippen molar-refractivity contribution in [3.63, 3.8) is 0 Å². The highest BCUT2D eigenvalue weighted by Crippen LogP contribution is 2.28. The zero-order valence-electron chi connectivity index (χ0n) is 16.0. The Labute approximate surface area is 163 Å². The van der Waals surface area contributed by atoms with Gasteiger partial charge in [-0.2, -0.15) is 4.98 Å². The van der Waals surface area contributed by atoms with Crippen LogP contribution in [-0.4, -0.2) is 29.7 Å². The van der Waals surface area contributed by atoms with Crippen LogP contribution in [0.3, 0.4) is 0 Å². The molecule has 0 fully saturated rings. The van der Waals surface area contributed by atoms with Gasteiger partial charge >= 0.3 is 5.97 Å². The summed E-state index contributed by atoms with van der Waals surface area (Å²) in [6, 6.07) is 14.7. The van der Waals surface area contributed by atoms with E-state index in [1.54, 1.807) is 44.5 Å². The second-order valence-electron chi connectivity index (χ2n) is 5.99. The standard InChI is InChI=1S/C21H22N4O3/c1-4-28-20(26)15-7-5-6-8-16(15)23-19-11-12-22-21(25-19)24-17-13-14(2)9-10-18(17)27-3/h5-13H,4H2,1-3H3,(H2,22,23,24,25). The Morgan fingerprint density at radius 1 is 1.07 bits per heavy atom. The second-order valence-corrected chi connectivity index (χ2v) is 5.99. The number of rotatable bonds is 7.